The SMILES string of the molecule is CCOC(C)(c1ccccc1/C(=N/O)c1ccccc1)c1c([N+](=O)[O-])cc([N+](=O)[O-])cc1[N+](=O)[O-]. The minimum Gasteiger partial charge on any atom is -0.410 e. The van der Waals surface area contributed by atoms with Gasteiger partial charge in [0.25, 0.3) is 17.1 Å². The predicted octanol–water partition coefficient (Wildman–Crippen LogP) is 4.94. The first-order valence-corrected chi connectivity index (χ1v) is 10.3. The number of hydrogen-bond donors (Lipinski definition) is 1. The molecule has 0 amide bonds. The van der Waals surface area contributed by atoms with Gasteiger partial charge in [0.1, 0.15) is 16.9 Å². The molecule has 1 atom stereocenters. The van der Waals surface area contributed by atoms with E-state index in [-0.39, 0.29) is 17.9 Å². The van der Waals surface area contributed by atoms with Gasteiger partial charge in [-0.05, 0) is 19.4 Å². The first kappa shape index (κ1) is 24.9. The van der Waals surface area contributed by atoms with E-state index in [0.717, 1.165) is 0 Å². The molecule has 0 spiro atoms. The molecule has 0 fully saturated rings. The van der Waals surface area contributed by atoms with E-state index in [2.05, 4.69) is 5.16 Å². The lowest BCUT2D eigenvalue weighted by molar-refractivity contribution is -0.405. The van der Waals surface area contributed by atoms with E-state index >= 15 is 0 Å². The molecule has 0 aromatic heterocycles. The summed E-state index contributed by atoms with van der Waals surface area (Å²) in [5.41, 5.74) is -3.70. The van der Waals surface area contributed by atoms with Gasteiger partial charge in [-0.3, -0.25) is 30.3 Å². The Balaban J connectivity index is 2.44. The van der Waals surface area contributed by atoms with Crippen LogP contribution in [0.25, 0.3) is 0 Å². The Labute approximate surface area is 198 Å². The second kappa shape index (κ2) is 10.1. The Hall–Kier alpha value is -4.71. The summed E-state index contributed by atoms with van der Waals surface area (Å²) in [6.45, 7) is 2.98. The maximum atomic E-state index is 12.0. The van der Waals surface area contributed by atoms with Crippen LogP contribution in [-0.2, 0) is 10.3 Å². The Morgan fingerprint density at radius 1 is 0.914 bits per heavy atom. The van der Waals surface area contributed by atoms with Gasteiger partial charge in [0.15, 0.2) is 0 Å². The number of oxime groups is 1. The summed E-state index contributed by atoms with van der Waals surface area (Å²) in [5.74, 6) is 0. The molecule has 1 N–H and O–H groups in total. The third kappa shape index (κ3) is 4.68. The molecular weight excluding hydrogens is 460 g/mol. The number of rotatable bonds is 9. The highest BCUT2D eigenvalue weighted by molar-refractivity contribution is 6.13. The molecule has 3 rings (SSSR count). The number of non-ortho nitro benzene ring substituents is 1. The van der Waals surface area contributed by atoms with Crippen LogP contribution in [-0.4, -0.2) is 32.3 Å². The van der Waals surface area contributed by atoms with Crippen LogP contribution < -0.4 is 0 Å². The normalized spacial score (nSPS) is 13.1. The second-order valence-electron chi connectivity index (χ2n) is 7.46. The van der Waals surface area contributed by atoms with Crippen molar-refractivity contribution in [3.8, 4) is 0 Å². The van der Waals surface area contributed by atoms with Gasteiger partial charge in [-0.1, -0.05) is 59.8 Å². The average molecular weight is 480 g/mol. The molecule has 0 aliphatic rings. The summed E-state index contributed by atoms with van der Waals surface area (Å²) in [6, 6.07) is 16.2. The monoisotopic (exact) mass is 480 g/mol. The number of benzene rings is 3. The van der Waals surface area contributed by atoms with E-state index in [4.69, 9.17) is 4.74 Å². The van der Waals surface area contributed by atoms with Gasteiger partial charge >= 0.3 is 0 Å². The Kier molecular flexibility index (Phi) is 7.16. The molecule has 12 heteroatoms. The van der Waals surface area contributed by atoms with Crippen LogP contribution in [0.2, 0.25) is 0 Å². The van der Waals surface area contributed by atoms with Gasteiger partial charge in [-0.25, -0.2) is 0 Å². The predicted molar refractivity (Wildman–Crippen MR) is 125 cm³/mol. The van der Waals surface area contributed by atoms with Gasteiger partial charge in [0.05, 0.1) is 26.9 Å². The lowest BCUT2D eigenvalue weighted by Crippen LogP contribution is -2.32. The first-order chi connectivity index (χ1) is 16.7. The molecule has 0 aliphatic carbocycles. The van der Waals surface area contributed by atoms with Crippen molar-refractivity contribution in [2.45, 2.75) is 19.4 Å². The van der Waals surface area contributed by atoms with E-state index < -0.39 is 43.0 Å². The first-order valence-electron chi connectivity index (χ1n) is 10.3. The molecule has 0 aliphatic heterocycles. The maximum Gasteiger partial charge on any atom is 0.289 e. The minimum atomic E-state index is -1.84. The van der Waals surface area contributed by atoms with Crippen molar-refractivity contribution < 1.29 is 24.7 Å². The summed E-state index contributed by atoms with van der Waals surface area (Å²) in [6.07, 6.45) is 0. The largest absolute Gasteiger partial charge is 0.410 e. The highest BCUT2D eigenvalue weighted by atomic mass is 16.6. The van der Waals surface area contributed by atoms with Crippen LogP contribution in [0.1, 0.15) is 36.1 Å². The van der Waals surface area contributed by atoms with Crippen LogP contribution in [0.5, 0.6) is 0 Å². The molecule has 0 bridgehead atoms. The van der Waals surface area contributed by atoms with Crippen molar-refractivity contribution in [2.75, 3.05) is 6.61 Å². The molecule has 0 heterocycles. The summed E-state index contributed by atoms with van der Waals surface area (Å²) in [7, 11) is 0. The molecule has 0 saturated heterocycles. The fourth-order valence-electron chi connectivity index (χ4n) is 4.02. The third-order valence-corrected chi connectivity index (χ3v) is 5.44. The van der Waals surface area contributed by atoms with Gasteiger partial charge in [-0.2, -0.15) is 0 Å². The van der Waals surface area contributed by atoms with Crippen molar-refractivity contribution in [1.82, 2.24) is 0 Å². The number of hydrogen-bond acceptors (Lipinski definition) is 9. The molecule has 180 valence electrons. The van der Waals surface area contributed by atoms with E-state index in [9.17, 15) is 35.6 Å². The van der Waals surface area contributed by atoms with Crippen molar-refractivity contribution in [3.63, 3.8) is 0 Å². The maximum absolute atomic E-state index is 12.0. The Morgan fingerprint density at radius 3 is 1.94 bits per heavy atom. The highest BCUT2D eigenvalue weighted by Gasteiger charge is 2.45. The molecule has 0 saturated carbocycles. The van der Waals surface area contributed by atoms with Crippen molar-refractivity contribution >= 4 is 22.8 Å². The van der Waals surface area contributed by atoms with E-state index in [1.165, 1.54) is 13.0 Å². The Bertz CT molecular complexity index is 1290. The zero-order valence-corrected chi connectivity index (χ0v) is 18.7. The van der Waals surface area contributed by atoms with E-state index in [1.807, 2.05) is 0 Å². The molecule has 1 unspecified atom stereocenters. The number of nitro groups is 3. The topological polar surface area (TPSA) is 171 Å². The summed E-state index contributed by atoms with van der Waals surface area (Å²) >= 11 is 0. The van der Waals surface area contributed by atoms with Gasteiger partial charge in [0.2, 0.25) is 0 Å². The fraction of sp³-hybridized carbons (Fsp3) is 0.174. The molecular formula is C23H20N4O8. The van der Waals surface area contributed by atoms with E-state index in [0.29, 0.717) is 23.3 Å². The van der Waals surface area contributed by atoms with E-state index in [1.54, 1.807) is 55.5 Å². The van der Waals surface area contributed by atoms with Crippen LogP contribution in [0.4, 0.5) is 17.1 Å². The molecule has 3 aromatic carbocycles. The van der Waals surface area contributed by atoms with Gasteiger partial charge in [0, 0.05) is 17.7 Å². The second-order valence-corrected chi connectivity index (χ2v) is 7.46. The molecule has 3 aromatic rings. The zero-order valence-electron chi connectivity index (χ0n) is 18.7. The molecule has 12 nitrogen and oxygen atoms in total. The van der Waals surface area contributed by atoms with Crippen LogP contribution in [0, 0.1) is 30.3 Å². The van der Waals surface area contributed by atoms with Crippen LogP contribution in [0.15, 0.2) is 71.9 Å². The van der Waals surface area contributed by atoms with Gasteiger partial charge < -0.3 is 9.94 Å². The summed E-state index contributed by atoms with van der Waals surface area (Å²) < 4.78 is 5.94. The van der Waals surface area contributed by atoms with Crippen LogP contribution >= 0.6 is 0 Å². The minimum absolute atomic E-state index is 0.0208. The third-order valence-electron chi connectivity index (χ3n) is 5.44. The number of nitrogens with zero attached hydrogens (tertiary/aromatic N) is 4. The van der Waals surface area contributed by atoms with Crippen molar-refractivity contribution in [2.24, 2.45) is 5.16 Å². The zero-order chi connectivity index (χ0) is 25.8. The van der Waals surface area contributed by atoms with Crippen molar-refractivity contribution in [3.05, 3.63) is 119 Å². The highest BCUT2D eigenvalue weighted by Crippen LogP contribution is 2.46. The average Bonchev–Trinajstić information content (AvgIpc) is 2.84. The summed E-state index contributed by atoms with van der Waals surface area (Å²) in [5, 5.41) is 48.6. The van der Waals surface area contributed by atoms with Crippen LogP contribution in [0.3, 0.4) is 0 Å². The fourth-order valence-corrected chi connectivity index (χ4v) is 4.02. The smallest absolute Gasteiger partial charge is 0.289 e. The quantitative estimate of drug-likeness (QED) is 0.194. The standard InChI is InChI=1S/C23H20N4O8/c1-3-35-23(2,21-19(26(31)32)13-16(25(29)30)14-20(21)27(33)34)18-12-8-7-11-17(18)22(24-28)15-9-5-4-6-10-15/h4-14,28H,3H2,1-2H3/b24-22+. The number of ether oxygens (including phenoxy) is 1. The molecule has 35 heavy (non-hydrogen) atoms. The Morgan fingerprint density at radius 2 is 1.46 bits per heavy atom. The summed E-state index contributed by atoms with van der Waals surface area (Å²) in [4.78, 5) is 32.5. The lowest BCUT2D eigenvalue weighted by atomic mass is 9.81. The number of nitro benzene ring substituents is 3. The lowest BCUT2D eigenvalue weighted by Gasteiger charge is -2.31. The van der Waals surface area contributed by atoms with Gasteiger partial charge in [-0.15, -0.1) is 0 Å². The van der Waals surface area contributed by atoms with Crippen molar-refractivity contribution in [1.29, 1.82) is 0 Å². The molecule has 0 radical (unpaired) electrons.